The molecule has 1 aromatic carbocycles. The maximum atomic E-state index is 13.1. The molecular formula is C20H20N4O2. The van der Waals surface area contributed by atoms with Crippen molar-refractivity contribution in [1.82, 2.24) is 19.4 Å². The van der Waals surface area contributed by atoms with E-state index in [-0.39, 0.29) is 11.9 Å². The van der Waals surface area contributed by atoms with Gasteiger partial charge in [0.25, 0.3) is 5.91 Å². The highest BCUT2D eigenvalue weighted by Crippen LogP contribution is 2.33. The molecule has 4 rings (SSSR count). The van der Waals surface area contributed by atoms with Gasteiger partial charge in [0.15, 0.2) is 0 Å². The van der Waals surface area contributed by atoms with Crippen LogP contribution in [-0.4, -0.2) is 31.9 Å². The van der Waals surface area contributed by atoms with Crippen molar-refractivity contribution in [3.63, 3.8) is 0 Å². The largest absolute Gasteiger partial charge is 0.437 e. The zero-order valence-electron chi connectivity index (χ0n) is 14.6. The molecule has 0 bridgehead atoms. The lowest BCUT2D eigenvalue weighted by molar-refractivity contribution is 0.0731. The van der Waals surface area contributed by atoms with Gasteiger partial charge in [-0.2, -0.15) is 0 Å². The van der Waals surface area contributed by atoms with Crippen LogP contribution in [0, 0.1) is 0 Å². The fourth-order valence-corrected chi connectivity index (χ4v) is 3.46. The summed E-state index contributed by atoms with van der Waals surface area (Å²) in [4.78, 5) is 23.1. The molecular weight excluding hydrogens is 328 g/mol. The van der Waals surface area contributed by atoms with Gasteiger partial charge in [-0.15, -0.1) is 0 Å². The van der Waals surface area contributed by atoms with E-state index in [1.54, 1.807) is 24.7 Å². The van der Waals surface area contributed by atoms with Crippen molar-refractivity contribution in [1.29, 1.82) is 0 Å². The summed E-state index contributed by atoms with van der Waals surface area (Å²) in [5.41, 5.74) is 1.79. The van der Waals surface area contributed by atoms with E-state index in [0.29, 0.717) is 17.2 Å². The molecule has 0 spiro atoms. The molecule has 3 aromatic rings. The molecule has 1 aliphatic rings. The maximum absolute atomic E-state index is 13.1. The van der Waals surface area contributed by atoms with Gasteiger partial charge in [-0.3, -0.25) is 9.78 Å². The van der Waals surface area contributed by atoms with E-state index in [0.717, 1.165) is 19.4 Å². The van der Waals surface area contributed by atoms with Crippen LogP contribution in [-0.2, 0) is 7.05 Å². The van der Waals surface area contributed by atoms with Crippen molar-refractivity contribution >= 4 is 5.91 Å². The summed E-state index contributed by atoms with van der Waals surface area (Å²) in [7, 11) is 2.02. The molecule has 6 heteroatoms. The van der Waals surface area contributed by atoms with Gasteiger partial charge in [0, 0.05) is 43.4 Å². The molecule has 0 N–H and O–H groups in total. The van der Waals surface area contributed by atoms with E-state index in [9.17, 15) is 4.79 Å². The van der Waals surface area contributed by atoms with Crippen LogP contribution < -0.4 is 4.74 Å². The standard InChI is InChI=1S/C20H20N4O2/c1-23-11-3-7-17(23)18-8-4-12-24(18)20(25)15-5-2-6-16(13-15)26-19-14-21-9-10-22-19/h2-3,5-7,9-11,13-14,18H,4,8,12H2,1H3. The Kier molecular flexibility index (Phi) is 4.39. The highest BCUT2D eigenvalue weighted by atomic mass is 16.5. The molecule has 1 saturated heterocycles. The zero-order chi connectivity index (χ0) is 17.9. The van der Waals surface area contributed by atoms with Gasteiger partial charge in [-0.05, 0) is 43.2 Å². The van der Waals surface area contributed by atoms with Crippen molar-refractivity contribution in [2.24, 2.45) is 7.05 Å². The summed E-state index contributed by atoms with van der Waals surface area (Å²) in [5, 5.41) is 0. The van der Waals surface area contributed by atoms with Crippen molar-refractivity contribution in [2.45, 2.75) is 18.9 Å². The second-order valence-electron chi connectivity index (χ2n) is 6.37. The number of amides is 1. The number of nitrogens with zero attached hydrogens (tertiary/aromatic N) is 4. The van der Waals surface area contributed by atoms with E-state index in [1.165, 1.54) is 5.69 Å². The minimum Gasteiger partial charge on any atom is -0.437 e. The van der Waals surface area contributed by atoms with Crippen LogP contribution >= 0.6 is 0 Å². The summed E-state index contributed by atoms with van der Waals surface area (Å²) in [6, 6.07) is 11.4. The first kappa shape index (κ1) is 16.3. The van der Waals surface area contributed by atoms with Gasteiger partial charge < -0.3 is 14.2 Å². The van der Waals surface area contributed by atoms with Gasteiger partial charge in [-0.25, -0.2) is 4.98 Å². The molecule has 1 unspecified atom stereocenters. The van der Waals surface area contributed by atoms with Crippen molar-refractivity contribution in [2.75, 3.05) is 6.54 Å². The number of likely N-dealkylation sites (tertiary alicyclic amines) is 1. The quantitative estimate of drug-likeness (QED) is 0.723. The Morgan fingerprint density at radius 3 is 2.92 bits per heavy atom. The monoisotopic (exact) mass is 348 g/mol. The summed E-state index contributed by atoms with van der Waals surface area (Å²) < 4.78 is 7.79. The number of aromatic nitrogens is 3. The first-order chi connectivity index (χ1) is 12.7. The van der Waals surface area contributed by atoms with Crippen LogP contribution in [0.1, 0.15) is 34.9 Å². The van der Waals surface area contributed by atoms with Crippen LogP contribution in [0.15, 0.2) is 61.2 Å². The number of ether oxygens (including phenoxy) is 1. The topological polar surface area (TPSA) is 60.2 Å². The Morgan fingerprint density at radius 2 is 2.15 bits per heavy atom. The number of hydrogen-bond acceptors (Lipinski definition) is 4. The predicted molar refractivity (Wildman–Crippen MR) is 97.0 cm³/mol. The first-order valence-electron chi connectivity index (χ1n) is 8.68. The van der Waals surface area contributed by atoms with Gasteiger partial charge in [-0.1, -0.05) is 6.07 Å². The van der Waals surface area contributed by atoms with Crippen LogP contribution in [0.2, 0.25) is 0 Å². The molecule has 0 aliphatic carbocycles. The highest BCUT2D eigenvalue weighted by Gasteiger charge is 2.31. The number of benzene rings is 1. The minimum absolute atomic E-state index is 0.0262. The molecule has 132 valence electrons. The summed E-state index contributed by atoms with van der Waals surface area (Å²) >= 11 is 0. The molecule has 1 amide bonds. The molecule has 1 atom stereocenters. The van der Waals surface area contributed by atoms with E-state index in [1.807, 2.05) is 42.4 Å². The molecule has 0 radical (unpaired) electrons. The fraction of sp³-hybridized carbons (Fsp3) is 0.250. The third-order valence-electron chi connectivity index (χ3n) is 4.68. The summed E-state index contributed by atoms with van der Waals surface area (Å²) in [6.07, 6.45) is 8.71. The molecule has 2 aromatic heterocycles. The number of rotatable bonds is 4. The van der Waals surface area contributed by atoms with E-state index in [2.05, 4.69) is 20.6 Å². The average Bonchev–Trinajstić information content (AvgIpc) is 3.30. The lowest BCUT2D eigenvalue weighted by atomic mass is 10.1. The molecule has 3 heterocycles. The van der Waals surface area contributed by atoms with Crippen LogP contribution in [0.5, 0.6) is 11.6 Å². The Labute approximate surface area is 152 Å². The SMILES string of the molecule is Cn1cccc1C1CCCN1C(=O)c1cccc(Oc2cnccn2)c1. The van der Waals surface area contributed by atoms with Crippen molar-refractivity contribution in [3.05, 3.63) is 72.4 Å². The molecule has 0 saturated carbocycles. The molecule has 6 nitrogen and oxygen atoms in total. The van der Waals surface area contributed by atoms with Crippen LogP contribution in [0.3, 0.4) is 0 Å². The van der Waals surface area contributed by atoms with Crippen molar-refractivity contribution in [3.8, 4) is 11.6 Å². The predicted octanol–water partition coefficient (Wildman–Crippen LogP) is 3.58. The number of aryl methyl sites for hydroxylation is 1. The molecule has 1 fully saturated rings. The van der Waals surface area contributed by atoms with Crippen molar-refractivity contribution < 1.29 is 9.53 Å². The first-order valence-corrected chi connectivity index (χ1v) is 8.68. The van der Waals surface area contributed by atoms with E-state index in [4.69, 9.17) is 4.74 Å². The van der Waals surface area contributed by atoms with Gasteiger partial charge in [0.1, 0.15) is 5.75 Å². The number of carbonyl (C=O) groups excluding carboxylic acids is 1. The summed E-state index contributed by atoms with van der Waals surface area (Å²) in [6.45, 7) is 0.768. The fourth-order valence-electron chi connectivity index (χ4n) is 3.46. The lowest BCUT2D eigenvalue weighted by Gasteiger charge is -2.25. The number of carbonyl (C=O) groups is 1. The second kappa shape index (κ2) is 7.00. The molecule has 1 aliphatic heterocycles. The second-order valence-corrected chi connectivity index (χ2v) is 6.37. The van der Waals surface area contributed by atoms with Crippen LogP contribution in [0.25, 0.3) is 0 Å². The van der Waals surface area contributed by atoms with Gasteiger partial charge in [0.2, 0.25) is 5.88 Å². The van der Waals surface area contributed by atoms with E-state index < -0.39 is 0 Å². The third-order valence-corrected chi connectivity index (χ3v) is 4.68. The smallest absolute Gasteiger partial charge is 0.254 e. The minimum atomic E-state index is 0.0262. The van der Waals surface area contributed by atoms with Gasteiger partial charge in [0.05, 0.1) is 12.2 Å². The average molecular weight is 348 g/mol. The normalized spacial score (nSPS) is 16.7. The Morgan fingerprint density at radius 1 is 1.23 bits per heavy atom. The zero-order valence-corrected chi connectivity index (χ0v) is 14.6. The molecule has 26 heavy (non-hydrogen) atoms. The summed E-state index contributed by atoms with van der Waals surface area (Å²) in [5.74, 6) is 1.00. The number of hydrogen-bond donors (Lipinski definition) is 0. The maximum Gasteiger partial charge on any atom is 0.254 e. The van der Waals surface area contributed by atoms with Gasteiger partial charge >= 0.3 is 0 Å². The van der Waals surface area contributed by atoms with E-state index >= 15 is 0 Å². The Hall–Kier alpha value is -3.15. The highest BCUT2D eigenvalue weighted by molar-refractivity contribution is 5.95. The Bertz CT molecular complexity index is 907. The lowest BCUT2D eigenvalue weighted by Crippen LogP contribution is -2.31. The third kappa shape index (κ3) is 3.18. The Balaban J connectivity index is 1.56. The van der Waals surface area contributed by atoms with Crippen LogP contribution in [0.4, 0.5) is 0 Å².